The number of hydrogen-bond donors (Lipinski definition) is 0. The van der Waals surface area contributed by atoms with E-state index in [1.807, 2.05) is 52.2 Å². The number of amides is 1. The Morgan fingerprint density at radius 2 is 1.82 bits per heavy atom. The Morgan fingerprint density at radius 3 is 2.61 bits per heavy atom. The maximum atomic E-state index is 13.3. The van der Waals surface area contributed by atoms with Gasteiger partial charge in [0.25, 0.3) is 5.91 Å². The van der Waals surface area contributed by atoms with Gasteiger partial charge in [-0.1, -0.05) is 11.6 Å². The molecule has 0 bridgehead atoms. The van der Waals surface area contributed by atoms with Gasteiger partial charge in [-0.2, -0.15) is 5.10 Å². The largest absolute Gasteiger partial charge is 0.352 e. The smallest absolute Gasteiger partial charge is 0.264 e. The summed E-state index contributed by atoms with van der Waals surface area (Å²) in [6.07, 6.45) is 1.62. The molecule has 1 aliphatic heterocycles. The van der Waals surface area contributed by atoms with Crippen LogP contribution >= 0.6 is 34.3 Å². The molecule has 166 valence electrons. The number of rotatable bonds is 3. The zero-order valence-corrected chi connectivity index (χ0v) is 20.1. The highest BCUT2D eigenvalue weighted by molar-refractivity contribution is 7.20. The minimum absolute atomic E-state index is 0.0706. The fourth-order valence-corrected chi connectivity index (χ4v) is 6.22. The van der Waals surface area contributed by atoms with Crippen molar-refractivity contribution >= 4 is 66.4 Å². The van der Waals surface area contributed by atoms with Crippen LogP contribution in [-0.2, 0) is 0 Å². The molecule has 0 spiro atoms. The Morgan fingerprint density at radius 1 is 1.03 bits per heavy atom. The number of anilines is 1. The second kappa shape index (κ2) is 8.09. The molecule has 1 amide bonds. The number of aryl methyl sites for hydroxylation is 1. The van der Waals surface area contributed by atoms with E-state index >= 15 is 0 Å². The third-order valence-electron chi connectivity index (χ3n) is 5.93. The molecular weight excluding hydrogens is 476 g/mol. The predicted octanol–water partition coefficient (Wildman–Crippen LogP) is 5.02. The van der Waals surface area contributed by atoms with Gasteiger partial charge in [0.2, 0.25) is 0 Å². The molecule has 0 aliphatic carbocycles. The number of carbonyl (C=O) groups is 1. The van der Waals surface area contributed by atoms with E-state index in [1.54, 1.807) is 17.7 Å². The van der Waals surface area contributed by atoms with Crippen molar-refractivity contribution in [2.75, 3.05) is 31.1 Å². The summed E-state index contributed by atoms with van der Waals surface area (Å²) in [5, 5.41) is 9.48. The lowest BCUT2D eigenvalue weighted by atomic mass is 10.2. The van der Waals surface area contributed by atoms with E-state index < -0.39 is 0 Å². The van der Waals surface area contributed by atoms with Gasteiger partial charge in [-0.25, -0.2) is 14.6 Å². The lowest BCUT2D eigenvalue weighted by Gasteiger charge is -2.35. The summed E-state index contributed by atoms with van der Waals surface area (Å²) in [6, 6.07) is 11.6. The van der Waals surface area contributed by atoms with Crippen LogP contribution in [0, 0.1) is 6.92 Å². The summed E-state index contributed by atoms with van der Waals surface area (Å²) in [4.78, 5) is 29.1. The fourth-order valence-electron chi connectivity index (χ4n) is 4.22. The van der Waals surface area contributed by atoms with Gasteiger partial charge >= 0.3 is 0 Å². The Labute approximate surface area is 202 Å². The SMILES string of the molecule is Cc1nn(-c2ccc(Cl)cc2)c2sc(C(=O)N3CCN(c4ncnc5sccc45)CC3)cc12. The van der Waals surface area contributed by atoms with Gasteiger partial charge in [0, 0.05) is 36.6 Å². The summed E-state index contributed by atoms with van der Waals surface area (Å²) in [7, 11) is 0. The molecule has 1 aliphatic rings. The molecule has 0 atom stereocenters. The molecule has 1 saturated heterocycles. The van der Waals surface area contributed by atoms with Crippen LogP contribution in [-0.4, -0.2) is 56.7 Å². The first-order chi connectivity index (χ1) is 16.1. The molecule has 33 heavy (non-hydrogen) atoms. The molecule has 10 heteroatoms. The first-order valence-corrected chi connectivity index (χ1v) is 12.6. The monoisotopic (exact) mass is 494 g/mol. The van der Waals surface area contributed by atoms with E-state index in [0.717, 1.165) is 55.6 Å². The molecule has 0 radical (unpaired) electrons. The number of piperazine rings is 1. The highest BCUT2D eigenvalue weighted by atomic mass is 35.5. The Bertz CT molecular complexity index is 1480. The summed E-state index contributed by atoms with van der Waals surface area (Å²) < 4.78 is 1.89. The Kier molecular flexibility index (Phi) is 5.05. The van der Waals surface area contributed by atoms with Crippen molar-refractivity contribution in [3.8, 4) is 5.69 Å². The number of carbonyl (C=O) groups excluding carboxylic acids is 1. The molecule has 0 N–H and O–H groups in total. The number of nitrogens with zero attached hydrogens (tertiary/aromatic N) is 6. The van der Waals surface area contributed by atoms with Crippen LogP contribution in [0.4, 0.5) is 5.82 Å². The second-order valence-electron chi connectivity index (χ2n) is 7.92. The Balaban J connectivity index is 1.23. The minimum Gasteiger partial charge on any atom is -0.352 e. The number of halogens is 1. The summed E-state index contributed by atoms with van der Waals surface area (Å²) in [5.74, 6) is 1.02. The molecular formula is C23H19ClN6OS2. The van der Waals surface area contributed by atoms with Gasteiger partial charge in [-0.15, -0.1) is 22.7 Å². The average molecular weight is 495 g/mol. The first kappa shape index (κ1) is 20.6. The zero-order valence-electron chi connectivity index (χ0n) is 17.7. The highest BCUT2D eigenvalue weighted by Crippen LogP contribution is 2.32. The van der Waals surface area contributed by atoms with Crippen molar-refractivity contribution in [1.82, 2.24) is 24.6 Å². The summed E-state index contributed by atoms with van der Waals surface area (Å²) in [5.41, 5.74) is 1.83. The third-order valence-corrected chi connectivity index (χ3v) is 8.11. The van der Waals surface area contributed by atoms with Crippen LogP contribution in [0.1, 0.15) is 15.4 Å². The third kappa shape index (κ3) is 3.56. The molecule has 1 fully saturated rings. The van der Waals surface area contributed by atoms with E-state index in [-0.39, 0.29) is 5.91 Å². The number of fused-ring (bicyclic) bond motifs is 2. The molecule has 0 unspecified atom stereocenters. The minimum atomic E-state index is 0.0706. The van der Waals surface area contributed by atoms with Crippen molar-refractivity contribution in [3.05, 3.63) is 63.7 Å². The van der Waals surface area contributed by atoms with E-state index in [2.05, 4.69) is 26.0 Å². The van der Waals surface area contributed by atoms with Crippen molar-refractivity contribution in [2.24, 2.45) is 0 Å². The lowest BCUT2D eigenvalue weighted by Crippen LogP contribution is -2.49. The van der Waals surface area contributed by atoms with Gasteiger partial charge in [-0.3, -0.25) is 4.79 Å². The average Bonchev–Trinajstić information content (AvgIpc) is 3.56. The van der Waals surface area contributed by atoms with Gasteiger partial charge in [0.05, 0.1) is 21.6 Å². The Hall–Kier alpha value is -3.01. The molecule has 1 aromatic carbocycles. The van der Waals surface area contributed by atoms with Crippen molar-refractivity contribution in [3.63, 3.8) is 0 Å². The van der Waals surface area contributed by atoms with E-state index in [1.165, 1.54) is 11.3 Å². The highest BCUT2D eigenvalue weighted by Gasteiger charge is 2.26. The van der Waals surface area contributed by atoms with Gasteiger partial charge < -0.3 is 9.80 Å². The quantitative estimate of drug-likeness (QED) is 0.352. The molecule has 6 rings (SSSR count). The van der Waals surface area contributed by atoms with Crippen molar-refractivity contribution < 1.29 is 4.79 Å². The van der Waals surface area contributed by atoms with Crippen LogP contribution < -0.4 is 4.90 Å². The van der Waals surface area contributed by atoms with Crippen LogP contribution in [0.5, 0.6) is 0 Å². The molecule has 0 saturated carbocycles. The van der Waals surface area contributed by atoms with Crippen molar-refractivity contribution in [1.29, 1.82) is 0 Å². The maximum Gasteiger partial charge on any atom is 0.264 e. The van der Waals surface area contributed by atoms with E-state index in [9.17, 15) is 4.79 Å². The van der Waals surface area contributed by atoms with Crippen LogP contribution in [0.3, 0.4) is 0 Å². The maximum absolute atomic E-state index is 13.3. The van der Waals surface area contributed by atoms with Crippen molar-refractivity contribution in [2.45, 2.75) is 6.92 Å². The molecule has 5 heterocycles. The second-order valence-corrected chi connectivity index (χ2v) is 10.3. The molecule has 4 aromatic heterocycles. The first-order valence-electron chi connectivity index (χ1n) is 10.6. The molecule has 5 aromatic rings. The predicted molar refractivity (Wildman–Crippen MR) is 134 cm³/mol. The summed E-state index contributed by atoms with van der Waals surface area (Å²) in [6.45, 7) is 4.78. The number of aromatic nitrogens is 4. The topological polar surface area (TPSA) is 67.2 Å². The van der Waals surface area contributed by atoms with E-state index in [4.69, 9.17) is 11.6 Å². The van der Waals surface area contributed by atoms with Gasteiger partial charge in [0.15, 0.2) is 0 Å². The van der Waals surface area contributed by atoms with Crippen LogP contribution in [0.2, 0.25) is 5.02 Å². The number of benzene rings is 1. The summed E-state index contributed by atoms with van der Waals surface area (Å²) >= 11 is 9.15. The number of hydrogen-bond acceptors (Lipinski definition) is 7. The van der Waals surface area contributed by atoms with Gasteiger partial charge in [-0.05, 0) is 48.7 Å². The zero-order chi connectivity index (χ0) is 22.5. The fraction of sp³-hybridized carbons (Fsp3) is 0.217. The lowest BCUT2D eigenvalue weighted by molar-refractivity contribution is 0.0751. The normalized spacial score (nSPS) is 14.5. The van der Waals surface area contributed by atoms with Gasteiger partial charge in [0.1, 0.15) is 21.8 Å². The number of thiophene rings is 2. The van der Waals surface area contributed by atoms with Crippen LogP contribution in [0.15, 0.2) is 48.1 Å². The molecule has 7 nitrogen and oxygen atoms in total. The standard InChI is InChI=1S/C23H19ClN6OS2/c1-14-18-12-19(33-23(18)30(27-14)16-4-2-15(24)3-5-16)22(31)29-9-7-28(8-10-29)20-17-6-11-32-21(17)26-13-25-20/h2-6,11-13H,7-10H2,1H3. The van der Waals surface area contributed by atoms with Crippen LogP contribution in [0.25, 0.3) is 26.1 Å². The van der Waals surface area contributed by atoms with E-state index in [0.29, 0.717) is 18.1 Å².